The minimum Gasteiger partial charge on any atom is -0.378 e. The molecule has 0 amide bonds. The maximum absolute atomic E-state index is 5.41. The van der Waals surface area contributed by atoms with Gasteiger partial charge >= 0.3 is 0 Å². The van der Waals surface area contributed by atoms with Crippen LogP contribution < -0.4 is 11.3 Å². The Bertz CT molecular complexity index is 204. The van der Waals surface area contributed by atoms with Gasteiger partial charge in [-0.2, -0.15) is 0 Å². The molecule has 0 saturated heterocycles. The van der Waals surface area contributed by atoms with E-state index in [2.05, 4.69) is 10.4 Å². The Morgan fingerprint density at radius 1 is 1.29 bits per heavy atom. The van der Waals surface area contributed by atoms with Crippen LogP contribution in [0.15, 0.2) is 4.99 Å². The third-order valence-electron chi connectivity index (χ3n) is 1.78. The maximum atomic E-state index is 5.41. The van der Waals surface area contributed by atoms with E-state index in [4.69, 9.17) is 10.6 Å². The molecule has 0 saturated carbocycles. The van der Waals surface area contributed by atoms with E-state index in [1.807, 2.05) is 34.6 Å². The summed E-state index contributed by atoms with van der Waals surface area (Å²) >= 11 is 0. The molecule has 14 heavy (non-hydrogen) atoms. The number of nitrogens with zero attached hydrogens (tertiary/aromatic N) is 1. The van der Waals surface area contributed by atoms with Gasteiger partial charge in [0.1, 0.15) is 5.84 Å². The number of nitrogens with one attached hydrogen (secondary N) is 1. The molecule has 0 aromatic rings. The van der Waals surface area contributed by atoms with Crippen molar-refractivity contribution in [2.24, 2.45) is 10.8 Å². The molecule has 4 nitrogen and oxygen atoms in total. The van der Waals surface area contributed by atoms with Crippen LogP contribution >= 0.6 is 0 Å². The molecule has 0 heterocycles. The van der Waals surface area contributed by atoms with Crippen LogP contribution in [0.25, 0.3) is 0 Å². The summed E-state index contributed by atoms with van der Waals surface area (Å²) in [6, 6.07) is 0. The van der Waals surface area contributed by atoms with Crippen molar-refractivity contribution < 1.29 is 4.74 Å². The predicted octanol–water partition coefficient (Wildman–Crippen LogP) is 1.46. The van der Waals surface area contributed by atoms with Crippen LogP contribution in [0.4, 0.5) is 0 Å². The quantitative estimate of drug-likeness (QED) is 0.314. The Kier molecular flexibility index (Phi) is 4.55. The van der Waals surface area contributed by atoms with Crippen molar-refractivity contribution in [2.75, 3.05) is 7.11 Å². The molecule has 0 aromatic heterocycles. The molecule has 0 radical (unpaired) electrons. The molecular formula is C10H23N3O. The second-order valence-electron chi connectivity index (χ2n) is 5.01. The summed E-state index contributed by atoms with van der Waals surface area (Å²) in [6.07, 6.45) is 0.678. The van der Waals surface area contributed by atoms with Crippen molar-refractivity contribution >= 4 is 5.84 Å². The minimum absolute atomic E-state index is 0.120. The average Bonchev–Trinajstić information content (AvgIpc) is 2.00. The lowest BCUT2D eigenvalue weighted by Gasteiger charge is -2.25. The van der Waals surface area contributed by atoms with E-state index >= 15 is 0 Å². The smallest absolute Gasteiger partial charge is 0.114 e. The van der Waals surface area contributed by atoms with Crippen LogP contribution in [-0.4, -0.2) is 24.1 Å². The fourth-order valence-electron chi connectivity index (χ4n) is 1.00. The third-order valence-corrected chi connectivity index (χ3v) is 1.78. The van der Waals surface area contributed by atoms with Gasteiger partial charge in [-0.3, -0.25) is 4.99 Å². The lowest BCUT2D eigenvalue weighted by molar-refractivity contribution is 0.0285. The first kappa shape index (κ1) is 13.4. The van der Waals surface area contributed by atoms with Gasteiger partial charge in [-0.1, -0.05) is 0 Å². The molecule has 84 valence electrons. The second-order valence-corrected chi connectivity index (χ2v) is 5.01. The van der Waals surface area contributed by atoms with Gasteiger partial charge in [-0.25, -0.2) is 5.84 Å². The molecule has 3 N–H and O–H groups in total. The van der Waals surface area contributed by atoms with Crippen LogP contribution in [0.1, 0.15) is 41.0 Å². The van der Waals surface area contributed by atoms with Crippen molar-refractivity contribution in [3.8, 4) is 0 Å². The molecule has 0 fully saturated rings. The molecule has 4 heteroatoms. The van der Waals surface area contributed by atoms with Gasteiger partial charge in [0.2, 0.25) is 0 Å². The summed E-state index contributed by atoms with van der Waals surface area (Å²) in [5, 5.41) is 0. The van der Waals surface area contributed by atoms with Crippen molar-refractivity contribution in [1.82, 2.24) is 5.43 Å². The van der Waals surface area contributed by atoms with E-state index in [9.17, 15) is 0 Å². The highest BCUT2D eigenvalue weighted by molar-refractivity contribution is 5.82. The number of hydrogen-bond acceptors (Lipinski definition) is 3. The predicted molar refractivity (Wildman–Crippen MR) is 60.2 cm³/mol. The number of amidine groups is 1. The number of rotatable bonds is 3. The summed E-state index contributed by atoms with van der Waals surface area (Å²) in [6.45, 7) is 10.1. The highest BCUT2D eigenvalue weighted by Crippen LogP contribution is 2.15. The topological polar surface area (TPSA) is 59.6 Å². The number of aliphatic imine (C=N–C) groups is 1. The van der Waals surface area contributed by atoms with Crippen molar-refractivity contribution in [1.29, 1.82) is 0 Å². The zero-order valence-electron chi connectivity index (χ0n) is 10.1. The SMILES string of the molecule is COC(C)(C)CC(=NC(C)(C)C)NN. The lowest BCUT2D eigenvalue weighted by Crippen LogP contribution is -2.39. The molecule has 0 aliphatic rings. The normalized spacial score (nSPS) is 14.4. The van der Waals surface area contributed by atoms with E-state index in [0.29, 0.717) is 6.42 Å². The highest BCUT2D eigenvalue weighted by Gasteiger charge is 2.20. The first-order chi connectivity index (χ1) is 6.20. The largest absolute Gasteiger partial charge is 0.378 e. The molecular weight excluding hydrogens is 178 g/mol. The molecule has 0 atom stereocenters. The number of nitrogens with two attached hydrogens (primary N) is 1. The fourth-order valence-corrected chi connectivity index (χ4v) is 1.00. The Labute approximate surface area is 86.9 Å². The number of methoxy groups -OCH3 is 1. The zero-order valence-corrected chi connectivity index (χ0v) is 10.1. The lowest BCUT2D eigenvalue weighted by atomic mass is 10.0. The first-order valence-corrected chi connectivity index (χ1v) is 4.81. The van der Waals surface area contributed by atoms with Crippen molar-refractivity contribution in [3.05, 3.63) is 0 Å². The van der Waals surface area contributed by atoms with Crippen LogP contribution in [0.5, 0.6) is 0 Å². The third kappa shape index (κ3) is 5.94. The maximum Gasteiger partial charge on any atom is 0.114 e. The van der Waals surface area contributed by atoms with Gasteiger partial charge in [0.05, 0.1) is 11.1 Å². The van der Waals surface area contributed by atoms with Crippen LogP contribution in [0.2, 0.25) is 0 Å². The molecule has 0 unspecified atom stereocenters. The van der Waals surface area contributed by atoms with Crippen LogP contribution in [-0.2, 0) is 4.74 Å². The van der Waals surface area contributed by atoms with Gasteiger partial charge in [0.15, 0.2) is 0 Å². The summed E-state index contributed by atoms with van der Waals surface area (Å²) in [5.74, 6) is 6.17. The van der Waals surface area contributed by atoms with Gasteiger partial charge in [0, 0.05) is 13.5 Å². The van der Waals surface area contributed by atoms with Crippen LogP contribution in [0.3, 0.4) is 0 Å². The van der Waals surface area contributed by atoms with Crippen molar-refractivity contribution in [3.63, 3.8) is 0 Å². The van der Waals surface area contributed by atoms with E-state index in [0.717, 1.165) is 5.84 Å². The monoisotopic (exact) mass is 201 g/mol. The van der Waals surface area contributed by atoms with Gasteiger partial charge in [-0.15, -0.1) is 0 Å². The summed E-state index contributed by atoms with van der Waals surface area (Å²) in [5.41, 5.74) is 2.26. The summed E-state index contributed by atoms with van der Waals surface area (Å²) < 4.78 is 5.31. The number of ether oxygens (including phenoxy) is 1. The van der Waals surface area contributed by atoms with Gasteiger partial charge in [0.25, 0.3) is 0 Å². The number of hydrazine groups is 1. The molecule has 0 aromatic carbocycles. The highest BCUT2D eigenvalue weighted by atomic mass is 16.5. The fraction of sp³-hybridized carbons (Fsp3) is 0.900. The van der Waals surface area contributed by atoms with Crippen LogP contribution in [0, 0.1) is 0 Å². The molecule has 0 aliphatic heterocycles. The number of hydrogen-bond donors (Lipinski definition) is 2. The van der Waals surface area contributed by atoms with E-state index in [1.165, 1.54) is 0 Å². The van der Waals surface area contributed by atoms with E-state index in [1.54, 1.807) is 7.11 Å². The van der Waals surface area contributed by atoms with Gasteiger partial charge < -0.3 is 10.2 Å². The summed E-state index contributed by atoms with van der Waals surface area (Å²) in [4.78, 5) is 4.46. The molecule has 0 spiro atoms. The Balaban J connectivity index is 4.53. The Morgan fingerprint density at radius 3 is 2.07 bits per heavy atom. The second kappa shape index (κ2) is 4.75. The molecule has 0 rings (SSSR count). The Morgan fingerprint density at radius 2 is 1.79 bits per heavy atom. The Hall–Kier alpha value is -0.610. The first-order valence-electron chi connectivity index (χ1n) is 4.81. The van der Waals surface area contributed by atoms with Crippen molar-refractivity contribution in [2.45, 2.75) is 52.2 Å². The molecule has 0 aliphatic carbocycles. The zero-order chi connectivity index (χ0) is 11.4. The van der Waals surface area contributed by atoms with E-state index in [-0.39, 0.29) is 11.1 Å². The standard InChI is InChI=1S/C10H23N3O/c1-9(2,3)12-8(13-11)7-10(4,5)14-6/h7,11H2,1-6H3,(H,12,13). The summed E-state index contributed by atoms with van der Waals surface area (Å²) in [7, 11) is 1.69. The van der Waals surface area contributed by atoms with Gasteiger partial charge in [-0.05, 0) is 34.6 Å². The minimum atomic E-state index is -0.240. The van der Waals surface area contributed by atoms with E-state index < -0.39 is 0 Å². The average molecular weight is 201 g/mol. The molecule has 0 bridgehead atoms.